The Kier molecular flexibility index (Phi) is 6.92. The van der Waals surface area contributed by atoms with Crippen LogP contribution in [0.25, 0.3) is 0 Å². The molecule has 0 bridgehead atoms. The Balaban J connectivity index is 1.95. The van der Waals surface area contributed by atoms with Gasteiger partial charge in [-0.05, 0) is 18.7 Å². The number of carbonyl (C=O) groups is 2. The van der Waals surface area contributed by atoms with Gasteiger partial charge in [0.05, 0.1) is 17.7 Å². The molecule has 2 amide bonds. The summed E-state index contributed by atoms with van der Waals surface area (Å²) < 4.78 is 0. The summed E-state index contributed by atoms with van der Waals surface area (Å²) in [5, 5.41) is 2.99. The van der Waals surface area contributed by atoms with Gasteiger partial charge >= 0.3 is 0 Å². The van der Waals surface area contributed by atoms with Gasteiger partial charge in [-0.2, -0.15) is 0 Å². The van der Waals surface area contributed by atoms with Crippen LogP contribution in [0.2, 0.25) is 0 Å². The molecule has 0 radical (unpaired) electrons. The van der Waals surface area contributed by atoms with Crippen molar-refractivity contribution in [2.45, 2.75) is 19.9 Å². The molecule has 1 aliphatic rings. The molecule has 5 nitrogen and oxygen atoms in total. The molecule has 1 atom stereocenters. The molecule has 0 spiro atoms. The lowest BCUT2D eigenvalue weighted by Gasteiger charge is -2.30. The van der Waals surface area contributed by atoms with Gasteiger partial charge in [-0.25, -0.2) is 0 Å². The Labute approximate surface area is 142 Å². The number of amides is 2. The zero-order valence-corrected chi connectivity index (χ0v) is 14.6. The Hall–Kier alpha value is -1.53. The molecule has 1 unspecified atom stereocenters. The molecule has 1 saturated heterocycles. The first-order chi connectivity index (χ1) is 11.2. The summed E-state index contributed by atoms with van der Waals surface area (Å²) in [7, 11) is 0. The van der Waals surface area contributed by atoms with E-state index in [1.54, 1.807) is 16.7 Å². The first kappa shape index (κ1) is 17.8. The summed E-state index contributed by atoms with van der Waals surface area (Å²) >= 11 is 1.55. The Morgan fingerprint density at radius 1 is 1.30 bits per heavy atom. The molecule has 1 heterocycles. The number of nitrogens with zero attached hydrogens (tertiary/aromatic N) is 2. The Bertz CT molecular complexity index is 520. The predicted octanol–water partition coefficient (Wildman–Crippen LogP) is 1.72. The van der Waals surface area contributed by atoms with Crippen molar-refractivity contribution in [3.8, 4) is 0 Å². The van der Waals surface area contributed by atoms with Crippen LogP contribution in [0, 0.1) is 0 Å². The van der Waals surface area contributed by atoms with Crippen molar-refractivity contribution in [3.63, 3.8) is 0 Å². The van der Waals surface area contributed by atoms with Gasteiger partial charge in [0.2, 0.25) is 11.8 Å². The molecule has 6 heteroatoms. The second-order valence-corrected chi connectivity index (χ2v) is 6.48. The molecule has 1 aromatic carbocycles. The number of carbonyl (C=O) groups excluding carboxylic acids is 2. The van der Waals surface area contributed by atoms with Gasteiger partial charge in [0.25, 0.3) is 0 Å². The second kappa shape index (κ2) is 8.93. The highest BCUT2D eigenvalue weighted by molar-refractivity contribution is 8.00. The molecular weight excluding hydrogens is 310 g/mol. The third kappa shape index (κ3) is 4.97. The van der Waals surface area contributed by atoms with Crippen LogP contribution in [0.15, 0.2) is 30.3 Å². The summed E-state index contributed by atoms with van der Waals surface area (Å²) in [4.78, 5) is 27.7. The average Bonchev–Trinajstić information content (AvgIpc) is 2.97. The highest BCUT2D eigenvalue weighted by atomic mass is 32.2. The summed E-state index contributed by atoms with van der Waals surface area (Å²) in [5.74, 6) is 1.06. The van der Waals surface area contributed by atoms with E-state index >= 15 is 0 Å². The van der Waals surface area contributed by atoms with Crippen LogP contribution in [-0.4, -0.2) is 59.4 Å². The highest BCUT2D eigenvalue weighted by Crippen LogP contribution is 2.19. The molecule has 2 rings (SSSR count). The van der Waals surface area contributed by atoms with E-state index in [1.165, 1.54) is 5.56 Å². The van der Waals surface area contributed by atoms with Crippen molar-refractivity contribution in [1.82, 2.24) is 15.1 Å². The monoisotopic (exact) mass is 335 g/mol. The third-order valence-electron chi connectivity index (χ3n) is 4.09. The molecule has 1 N–H and O–H groups in total. The molecular formula is C17H25N3O2S. The number of nitrogens with one attached hydrogen (secondary N) is 1. The maximum atomic E-state index is 12.1. The summed E-state index contributed by atoms with van der Waals surface area (Å²) in [5.41, 5.74) is 1.20. The van der Waals surface area contributed by atoms with E-state index in [0.29, 0.717) is 18.2 Å². The highest BCUT2D eigenvalue weighted by Gasteiger charge is 2.24. The number of hydrogen-bond donors (Lipinski definition) is 1. The lowest BCUT2D eigenvalue weighted by molar-refractivity contribution is -0.132. The zero-order valence-electron chi connectivity index (χ0n) is 13.8. The fourth-order valence-corrected chi connectivity index (χ4v) is 3.68. The van der Waals surface area contributed by atoms with E-state index in [2.05, 4.69) is 36.2 Å². The standard InChI is InChI=1S/C17H25N3O2S/c1-3-19(4-2)15(14-8-6-5-7-9-14)10-18-16(21)11-20-13-23-12-17(20)22/h5-9,15H,3-4,10-13H2,1-2H3,(H,18,21). The number of hydrogen-bond acceptors (Lipinski definition) is 4. The van der Waals surface area contributed by atoms with Gasteiger partial charge in [-0.1, -0.05) is 44.2 Å². The van der Waals surface area contributed by atoms with Crippen LogP contribution in [0.3, 0.4) is 0 Å². The van der Waals surface area contributed by atoms with E-state index in [9.17, 15) is 9.59 Å². The maximum absolute atomic E-state index is 12.1. The van der Waals surface area contributed by atoms with Crippen molar-refractivity contribution in [2.24, 2.45) is 0 Å². The average molecular weight is 335 g/mol. The number of benzene rings is 1. The normalized spacial score (nSPS) is 16.0. The molecule has 1 fully saturated rings. The molecule has 0 aromatic heterocycles. The van der Waals surface area contributed by atoms with Crippen LogP contribution >= 0.6 is 11.8 Å². The first-order valence-electron chi connectivity index (χ1n) is 8.06. The lowest BCUT2D eigenvalue weighted by atomic mass is 10.1. The van der Waals surface area contributed by atoms with Crippen molar-refractivity contribution < 1.29 is 9.59 Å². The van der Waals surface area contributed by atoms with Crippen LogP contribution in [0.4, 0.5) is 0 Å². The second-order valence-electron chi connectivity index (χ2n) is 5.52. The summed E-state index contributed by atoms with van der Waals surface area (Å²) in [6.07, 6.45) is 0. The van der Waals surface area contributed by atoms with Gasteiger partial charge in [-0.3, -0.25) is 14.5 Å². The van der Waals surface area contributed by atoms with Gasteiger partial charge in [-0.15, -0.1) is 11.8 Å². The predicted molar refractivity (Wildman–Crippen MR) is 94.2 cm³/mol. The van der Waals surface area contributed by atoms with Gasteiger partial charge in [0, 0.05) is 6.54 Å². The number of thioether (sulfide) groups is 1. The van der Waals surface area contributed by atoms with E-state index in [4.69, 9.17) is 0 Å². The zero-order chi connectivity index (χ0) is 16.7. The summed E-state index contributed by atoms with van der Waals surface area (Å²) in [6, 6.07) is 10.4. The van der Waals surface area contributed by atoms with Gasteiger partial charge in [0.1, 0.15) is 6.54 Å². The fourth-order valence-electron chi connectivity index (χ4n) is 2.78. The molecule has 1 aliphatic heterocycles. The van der Waals surface area contributed by atoms with Crippen molar-refractivity contribution in [1.29, 1.82) is 0 Å². The molecule has 23 heavy (non-hydrogen) atoms. The summed E-state index contributed by atoms with van der Waals surface area (Å²) in [6.45, 7) is 6.81. The van der Waals surface area contributed by atoms with Gasteiger partial charge in [0.15, 0.2) is 0 Å². The van der Waals surface area contributed by atoms with E-state index in [-0.39, 0.29) is 24.4 Å². The number of rotatable bonds is 8. The molecule has 1 aromatic rings. The Morgan fingerprint density at radius 2 is 2.00 bits per heavy atom. The largest absolute Gasteiger partial charge is 0.353 e. The topological polar surface area (TPSA) is 52.7 Å². The minimum Gasteiger partial charge on any atom is -0.353 e. The van der Waals surface area contributed by atoms with Crippen LogP contribution in [-0.2, 0) is 9.59 Å². The Morgan fingerprint density at radius 3 is 2.57 bits per heavy atom. The smallest absolute Gasteiger partial charge is 0.239 e. The SMILES string of the molecule is CCN(CC)C(CNC(=O)CN1CSCC1=O)c1ccccc1. The van der Waals surface area contributed by atoms with Gasteiger partial charge < -0.3 is 10.2 Å². The van der Waals surface area contributed by atoms with Crippen LogP contribution in [0.1, 0.15) is 25.5 Å². The van der Waals surface area contributed by atoms with Crippen molar-refractivity contribution in [3.05, 3.63) is 35.9 Å². The van der Waals surface area contributed by atoms with E-state index in [1.807, 2.05) is 18.2 Å². The first-order valence-corrected chi connectivity index (χ1v) is 9.22. The minimum absolute atomic E-state index is 0.0495. The maximum Gasteiger partial charge on any atom is 0.239 e. The lowest BCUT2D eigenvalue weighted by Crippen LogP contribution is -2.42. The third-order valence-corrected chi connectivity index (χ3v) is 5.04. The molecule has 0 aliphatic carbocycles. The minimum atomic E-state index is -0.0889. The quantitative estimate of drug-likeness (QED) is 0.786. The molecule has 126 valence electrons. The van der Waals surface area contributed by atoms with Crippen molar-refractivity contribution >= 4 is 23.6 Å². The van der Waals surface area contributed by atoms with Crippen LogP contribution < -0.4 is 5.32 Å². The number of likely N-dealkylation sites (N-methyl/N-ethyl adjacent to an activating group) is 1. The molecule has 0 saturated carbocycles. The van der Waals surface area contributed by atoms with E-state index in [0.717, 1.165) is 13.1 Å². The van der Waals surface area contributed by atoms with Crippen LogP contribution in [0.5, 0.6) is 0 Å². The van der Waals surface area contributed by atoms with Crippen molar-refractivity contribution in [2.75, 3.05) is 37.8 Å². The van der Waals surface area contributed by atoms with E-state index < -0.39 is 0 Å². The fraction of sp³-hybridized carbons (Fsp3) is 0.529.